The van der Waals surface area contributed by atoms with E-state index in [0.29, 0.717) is 0 Å². The summed E-state index contributed by atoms with van der Waals surface area (Å²) in [6.45, 7) is 3.92. The first kappa shape index (κ1) is 21.0. The van der Waals surface area contributed by atoms with Crippen LogP contribution in [0.25, 0.3) is 6.08 Å². The van der Waals surface area contributed by atoms with Crippen LogP contribution in [0, 0.1) is 23.2 Å². The van der Waals surface area contributed by atoms with Gasteiger partial charge in [-0.1, -0.05) is 12.1 Å². The van der Waals surface area contributed by atoms with Crippen molar-refractivity contribution in [1.82, 2.24) is 10.6 Å². The zero-order valence-corrected chi connectivity index (χ0v) is 18.3. The third kappa shape index (κ3) is 4.40. The minimum Gasteiger partial charge on any atom is -0.497 e. The SMILES string of the molecule is COc1ccc(/C=C/C(=O)NC(C)C(=O)NC(C)C23CC4CC(CC(C4)C2)C3)cc1. The zero-order chi connectivity index (χ0) is 21.3. The lowest BCUT2D eigenvalue weighted by atomic mass is 9.48. The number of carbonyl (C=O) groups excluding carboxylic acids is 2. The molecule has 30 heavy (non-hydrogen) atoms. The van der Waals surface area contributed by atoms with Crippen molar-refractivity contribution in [3.8, 4) is 5.75 Å². The largest absolute Gasteiger partial charge is 0.497 e. The van der Waals surface area contributed by atoms with E-state index < -0.39 is 6.04 Å². The molecule has 4 aliphatic rings. The van der Waals surface area contributed by atoms with Crippen LogP contribution in [-0.2, 0) is 9.59 Å². The first-order valence-electron chi connectivity index (χ1n) is 11.3. The second-order valence-corrected chi connectivity index (χ2v) is 9.85. The minimum absolute atomic E-state index is 0.0931. The van der Waals surface area contributed by atoms with Crippen LogP contribution in [0.1, 0.15) is 57.9 Å². The van der Waals surface area contributed by atoms with Gasteiger partial charge in [0, 0.05) is 12.1 Å². The van der Waals surface area contributed by atoms with Gasteiger partial charge in [-0.2, -0.15) is 0 Å². The van der Waals surface area contributed by atoms with Gasteiger partial charge in [-0.15, -0.1) is 0 Å². The molecule has 0 radical (unpaired) electrons. The molecule has 0 saturated heterocycles. The van der Waals surface area contributed by atoms with Crippen molar-refractivity contribution in [3.05, 3.63) is 35.9 Å². The number of benzene rings is 1. The quantitative estimate of drug-likeness (QED) is 0.669. The van der Waals surface area contributed by atoms with E-state index in [1.807, 2.05) is 24.3 Å². The number of rotatable bonds is 7. The zero-order valence-electron chi connectivity index (χ0n) is 18.3. The van der Waals surface area contributed by atoms with Gasteiger partial charge in [0.1, 0.15) is 11.8 Å². The van der Waals surface area contributed by atoms with Crippen molar-refractivity contribution in [2.75, 3.05) is 7.11 Å². The third-order valence-electron chi connectivity index (χ3n) is 7.66. The molecule has 162 valence electrons. The third-order valence-corrected chi connectivity index (χ3v) is 7.66. The maximum Gasteiger partial charge on any atom is 0.244 e. The van der Waals surface area contributed by atoms with Crippen LogP contribution in [0.2, 0.25) is 0 Å². The summed E-state index contributed by atoms with van der Waals surface area (Å²) in [4.78, 5) is 25.0. The lowest BCUT2D eigenvalue weighted by Crippen LogP contribution is -2.58. The fourth-order valence-corrected chi connectivity index (χ4v) is 6.41. The summed E-state index contributed by atoms with van der Waals surface area (Å²) in [6, 6.07) is 7.05. The molecule has 1 aromatic carbocycles. The molecule has 0 aromatic heterocycles. The predicted octanol–water partition coefficient (Wildman–Crippen LogP) is 3.93. The van der Waals surface area contributed by atoms with E-state index in [0.717, 1.165) is 29.1 Å². The number of amides is 2. The molecule has 2 unspecified atom stereocenters. The second-order valence-electron chi connectivity index (χ2n) is 9.85. The fourth-order valence-electron chi connectivity index (χ4n) is 6.41. The highest BCUT2D eigenvalue weighted by Crippen LogP contribution is 2.61. The van der Waals surface area contributed by atoms with Gasteiger partial charge in [-0.05, 0) is 99.3 Å². The van der Waals surface area contributed by atoms with Gasteiger partial charge in [0.2, 0.25) is 11.8 Å². The van der Waals surface area contributed by atoms with Crippen LogP contribution in [0.4, 0.5) is 0 Å². The summed E-state index contributed by atoms with van der Waals surface area (Å²) in [5.74, 6) is 2.98. The van der Waals surface area contributed by atoms with Crippen LogP contribution in [0.5, 0.6) is 5.75 Å². The van der Waals surface area contributed by atoms with Gasteiger partial charge in [-0.25, -0.2) is 0 Å². The molecule has 2 amide bonds. The van der Waals surface area contributed by atoms with Gasteiger partial charge < -0.3 is 15.4 Å². The lowest BCUT2D eigenvalue weighted by molar-refractivity contribution is -0.130. The second kappa shape index (κ2) is 8.44. The molecule has 4 saturated carbocycles. The molecule has 4 bridgehead atoms. The summed E-state index contributed by atoms with van der Waals surface area (Å²) in [7, 11) is 1.62. The molecule has 0 heterocycles. The molecule has 0 spiro atoms. The van der Waals surface area contributed by atoms with Crippen LogP contribution < -0.4 is 15.4 Å². The summed E-state index contributed by atoms with van der Waals surface area (Å²) < 4.78 is 5.13. The Labute approximate surface area is 179 Å². The highest BCUT2D eigenvalue weighted by molar-refractivity contribution is 5.95. The Morgan fingerprint density at radius 2 is 1.57 bits per heavy atom. The average Bonchev–Trinajstić information content (AvgIpc) is 2.71. The molecular weight excluding hydrogens is 376 g/mol. The van der Waals surface area contributed by atoms with Crippen LogP contribution in [0.3, 0.4) is 0 Å². The molecule has 5 rings (SSSR count). The van der Waals surface area contributed by atoms with Gasteiger partial charge in [0.05, 0.1) is 7.11 Å². The van der Waals surface area contributed by atoms with Gasteiger partial charge >= 0.3 is 0 Å². The Balaban J connectivity index is 1.29. The van der Waals surface area contributed by atoms with E-state index in [2.05, 4.69) is 17.6 Å². The van der Waals surface area contributed by atoms with Gasteiger partial charge in [0.15, 0.2) is 0 Å². The van der Waals surface area contributed by atoms with E-state index in [9.17, 15) is 9.59 Å². The van der Waals surface area contributed by atoms with Crippen LogP contribution in [0.15, 0.2) is 30.3 Å². The Morgan fingerprint density at radius 1 is 1.00 bits per heavy atom. The lowest BCUT2D eigenvalue weighted by Gasteiger charge is -2.59. The predicted molar refractivity (Wildman–Crippen MR) is 118 cm³/mol. The van der Waals surface area contributed by atoms with Crippen molar-refractivity contribution >= 4 is 17.9 Å². The van der Waals surface area contributed by atoms with Crippen molar-refractivity contribution in [2.45, 2.75) is 64.5 Å². The highest BCUT2D eigenvalue weighted by Gasteiger charge is 2.53. The molecule has 1 aromatic rings. The molecule has 2 N–H and O–H groups in total. The van der Waals surface area contributed by atoms with Crippen molar-refractivity contribution in [1.29, 1.82) is 0 Å². The normalized spacial score (nSPS) is 31.4. The Hall–Kier alpha value is -2.30. The first-order valence-corrected chi connectivity index (χ1v) is 11.3. The maximum absolute atomic E-state index is 12.8. The van der Waals surface area contributed by atoms with E-state index in [1.165, 1.54) is 44.6 Å². The van der Waals surface area contributed by atoms with E-state index in [4.69, 9.17) is 4.74 Å². The summed E-state index contributed by atoms with van der Waals surface area (Å²) >= 11 is 0. The number of ether oxygens (including phenoxy) is 1. The monoisotopic (exact) mass is 410 g/mol. The topological polar surface area (TPSA) is 67.4 Å². The fraction of sp³-hybridized carbons (Fsp3) is 0.600. The summed E-state index contributed by atoms with van der Waals surface area (Å²) in [6.07, 6.45) is 11.2. The van der Waals surface area contributed by atoms with E-state index in [1.54, 1.807) is 20.1 Å². The summed E-state index contributed by atoms with van der Waals surface area (Å²) in [5, 5.41) is 6.03. The molecule has 4 fully saturated rings. The molecule has 5 heteroatoms. The number of hydrogen-bond donors (Lipinski definition) is 2. The van der Waals surface area contributed by atoms with E-state index >= 15 is 0 Å². The van der Waals surface area contributed by atoms with Crippen LogP contribution in [-0.4, -0.2) is 31.0 Å². The maximum atomic E-state index is 12.8. The smallest absolute Gasteiger partial charge is 0.244 e. The molecule has 5 nitrogen and oxygen atoms in total. The molecular formula is C25H34N2O3. The average molecular weight is 411 g/mol. The number of hydrogen-bond acceptors (Lipinski definition) is 3. The number of nitrogens with one attached hydrogen (secondary N) is 2. The summed E-state index contributed by atoms with van der Waals surface area (Å²) in [5.41, 5.74) is 1.17. The van der Waals surface area contributed by atoms with Gasteiger partial charge in [0.25, 0.3) is 0 Å². The van der Waals surface area contributed by atoms with E-state index in [-0.39, 0.29) is 23.3 Å². The van der Waals surface area contributed by atoms with Crippen molar-refractivity contribution in [3.63, 3.8) is 0 Å². The van der Waals surface area contributed by atoms with Crippen molar-refractivity contribution < 1.29 is 14.3 Å². The van der Waals surface area contributed by atoms with Gasteiger partial charge in [-0.3, -0.25) is 9.59 Å². The van der Waals surface area contributed by atoms with Crippen molar-refractivity contribution in [2.24, 2.45) is 23.2 Å². The van der Waals surface area contributed by atoms with Crippen LogP contribution >= 0.6 is 0 Å². The highest BCUT2D eigenvalue weighted by atomic mass is 16.5. The Bertz CT molecular complexity index is 779. The first-order chi connectivity index (χ1) is 14.4. The molecule has 4 aliphatic carbocycles. The molecule has 0 aliphatic heterocycles. The number of carbonyl (C=O) groups is 2. The minimum atomic E-state index is -0.561. The Morgan fingerprint density at radius 3 is 2.10 bits per heavy atom. The standard InChI is InChI=1S/C25H34N2O3/c1-16(26-23(28)9-6-18-4-7-22(30-3)8-5-18)24(29)27-17(2)25-13-19-10-20(14-25)12-21(11-19)15-25/h4-9,16-17,19-21H,10-15H2,1-3H3,(H,26,28)(H,27,29)/b9-6+. The molecule has 2 atom stereocenters. The Kier molecular flexibility index (Phi) is 5.90. The number of methoxy groups -OCH3 is 1.